The second-order valence-electron chi connectivity index (χ2n) is 5.54. The number of carbonyl (C=O) groups is 1. The largest absolute Gasteiger partial charge is 0.459 e. The molecule has 1 heterocycles. The molecule has 26 heavy (non-hydrogen) atoms. The lowest BCUT2D eigenvalue weighted by molar-refractivity contribution is -0.144. The lowest BCUT2D eigenvalue weighted by atomic mass is 10.1. The van der Waals surface area contributed by atoms with Crippen LogP contribution in [0.4, 0.5) is 11.4 Å². The van der Waals surface area contributed by atoms with Crippen molar-refractivity contribution in [3.8, 4) is 0 Å². The van der Waals surface area contributed by atoms with E-state index >= 15 is 0 Å². The summed E-state index contributed by atoms with van der Waals surface area (Å²) in [6, 6.07) is 18.2. The number of ether oxygens (including phenoxy) is 1. The molecule has 0 spiro atoms. The predicted molar refractivity (Wildman–Crippen MR) is 104 cm³/mol. The number of para-hydroxylation sites is 2. The van der Waals surface area contributed by atoms with Crippen LogP contribution in [0.3, 0.4) is 0 Å². The molecule has 0 fully saturated rings. The van der Waals surface area contributed by atoms with Gasteiger partial charge in [-0.25, -0.2) is 0 Å². The fraction of sp³-hybridized carbons (Fsp3) is 0.100. The number of nitrogens with zero attached hydrogens (tertiary/aromatic N) is 1. The fourth-order valence-corrected chi connectivity index (χ4v) is 2.88. The zero-order valence-corrected chi connectivity index (χ0v) is 15.3. The van der Waals surface area contributed by atoms with Crippen LogP contribution in [0.15, 0.2) is 66.9 Å². The van der Waals surface area contributed by atoms with E-state index in [1.54, 1.807) is 24.4 Å². The van der Waals surface area contributed by atoms with Crippen LogP contribution < -0.4 is 5.32 Å². The molecule has 0 amide bonds. The van der Waals surface area contributed by atoms with Gasteiger partial charge in [0.1, 0.15) is 6.61 Å². The highest BCUT2D eigenvalue weighted by Gasteiger charge is 2.12. The van der Waals surface area contributed by atoms with Crippen LogP contribution in [0, 0.1) is 0 Å². The van der Waals surface area contributed by atoms with E-state index in [-0.39, 0.29) is 19.0 Å². The normalized spacial score (nSPS) is 10.4. The van der Waals surface area contributed by atoms with Crippen LogP contribution in [0.1, 0.15) is 11.3 Å². The smallest absolute Gasteiger partial charge is 0.310 e. The lowest BCUT2D eigenvalue weighted by Crippen LogP contribution is -2.10. The molecule has 0 aliphatic heterocycles. The summed E-state index contributed by atoms with van der Waals surface area (Å²) in [5, 5.41) is 4.21. The molecular weight excluding hydrogens is 371 g/mol. The van der Waals surface area contributed by atoms with E-state index in [0.29, 0.717) is 21.4 Å². The first-order valence-electron chi connectivity index (χ1n) is 7.98. The number of hydrogen-bond donors (Lipinski definition) is 1. The molecule has 2 aromatic carbocycles. The van der Waals surface area contributed by atoms with E-state index in [1.807, 2.05) is 42.5 Å². The molecule has 0 saturated carbocycles. The van der Waals surface area contributed by atoms with E-state index < -0.39 is 0 Å². The van der Waals surface area contributed by atoms with Gasteiger partial charge in [0.25, 0.3) is 0 Å². The number of aromatic nitrogens is 1. The molecule has 0 aliphatic rings. The summed E-state index contributed by atoms with van der Waals surface area (Å²) in [7, 11) is 0. The van der Waals surface area contributed by atoms with Crippen LogP contribution in [0.25, 0.3) is 0 Å². The van der Waals surface area contributed by atoms with Gasteiger partial charge < -0.3 is 10.1 Å². The number of anilines is 2. The van der Waals surface area contributed by atoms with Gasteiger partial charge in [0.2, 0.25) is 0 Å². The molecule has 3 aromatic rings. The lowest BCUT2D eigenvalue weighted by Gasteiger charge is -2.14. The number of halogens is 2. The van der Waals surface area contributed by atoms with E-state index in [0.717, 1.165) is 11.3 Å². The molecule has 3 rings (SSSR count). The Kier molecular flexibility index (Phi) is 6.10. The minimum absolute atomic E-state index is 0.123. The van der Waals surface area contributed by atoms with Gasteiger partial charge in [-0.3, -0.25) is 9.78 Å². The van der Waals surface area contributed by atoms with Crippen LogP contribution in [0.2, 0.25) is 10.0 Å². The van der Waals surface area contributed by atoms with Crippen molar-refractivity contribution in [2.45, 2.75) is 13.0 Å². The average Bonchev–Trinajstić information content (AvgIpc) is 2.65. The zero-order valence-electron chi connectivity index (χ0n) is 13.8. The minimum atomic E-state index is -0.338. The van der Waals surface area contributed by atoms with Crippen molar-refractivity contribution < 1.29 is 9.53 Å². The quantitative estimate of drug-likeness (QED) is 0.574. The molecule has 6 heteroatoms. The van der Waals surface area contributed by atoms with Gasteiger partial charge in [-0.05, 0) is 35.9 Å². The van der Waals surface area contributed by atoms with Crippen molar-refractivity contribution in [1.29, 1.82) is 0 Å². The Balaban J connectivity index is 1.70. The third-order valence-electron chi connectivity index (χ3n) is 3.68. The Bertz CT molecular complexity index is 881. The first-order chi connectivity index (χ1) is 12.6. The summed E-state index contributed by atoms with van der Waals surface area (Å²) in [6.07, 6.45) is 1.79. The molecule has 0 saturated heterocycles. The highest BCUT2D eigenvalue weighted by Crippen LogP contribution is 2.33. The summed E-state index contributed by atoms with van der Waals surface area (Å²) in [6.45, 7) is 0.144. The number of carbonyl (C=O) groups excluding carboxylic acids is 1. The standard InChI is InChI=1S/C20H16Cl2N2O2/c21-16-8-5-9-17(22)20(16)24-18-10-2-1-6-14(18)12-19(25)26-13-15-7-3-4-11-23-15/h1-11,24H,12-13H2. The molecule has 0 atom stereocenters. The van der Waals surface area contributed by atoms with Crippen molar-refractivity contribution in [1.82, 2.24) is 4.98 Å². The fourth-order valence-electron chi connectivity index (χ4n) is 2.39. The van der Waals surface area contributed by atoms with Gasteiger partial charge >= 0.3 is 5.97 Å². The number of pyridine rings is 1. The minimum Gasteiger partial charge on any atom is -0.459 e. The molecule has 0 unspecified atom stereocenters. The monoisotopic (exact) mass is 386 g/mol. The summed E-state index contributed by atoms with van der Waals surface area (Å²) < 4.78 is 5.30. The molecule has 1 aromatic heterocycles. The number of benzene rings is 2. The maximum atomic E-state index is 12.2. The first kappa shape index (κ1) is 18.2. The second kappa shape index (κ2) is 8.70. The van der Waals surface area contributed by atoms with Crippen molar-refractivity contribution in [2.75, 3.05) is 5.32 Å². The maximum absolute atomic E-state index is 12.2. The van der Waals surface area contributed by atoms with Gasteiger partial charge in [0, 0.05) is 11.9 Å². The highest BCUT2D eigenvalue weighted by atomic mass is 35.5. The van der Waals surface area contributed by atoms with Gasteiger partial charge in [0.05, 0.1) is 27.8 Å². The Morgan fingerprint density at radius 2 is 1.69 bits per heavy atom. The van der Waals surface area contributed by atoms with E-state index in [4.69, 9.17) is 27.9 Å². The van der Waals surface area contributed by atoms with E-state index in [1.165, 1.54) is 0 Å². The van der Waals surface area contributed by atoms with E-state index in [9.17, 15) is 4.79 Å². The van der Waals surface area contributed by atoms with Gasteiger partial charge in [-0.15, -0.1) is 0 Å². The number of hydrogen-bond acceptors (Lipinski definition) is 4. The summed E-state index contributed by atoms with van der Waals surface area (Å²) >= 11 is 12.4. The number of nitrogens with one attached hydrogen (secondary N) is 1. The summed E-state index contributed by atoms with van der Waals surface area (Å²) in [5.74, 6) is -0.338. The highest BCUT2D eigenvalue weighted by molar-refractivity contribution is 6.39. The summed E-state index contributed by atoms with van der Waals surface area (Å²) in [5.41, 5.74) is 2.84. The molecule has 0 radical (unpaired) electrons. The summed E-state index contributed by atoms with van der Waals surface area (Å²) in [4.78, 5) is 16.3. The molecule has 4 nitrogen and oxygen atoms in total. The molecule has 132 valence electrons. The van der Waals surface area contributed by atoms with Crippen molar-refractivity contribution in [2.24, 2.45) is 0 Å². The molecule has 1 N–H and O–H groups in total. The first-order valence-corrected chi connectivity index (χ1v) is 8.73. The van der Waals surface area contributed by atoms with Crippen molar-refractivity contribution in [3.63, 3.8) is 0 Å². The molecule has 0 aliphatic carbocycles. The van der Waals surface area contributed by atoms with Crippen LogP contribution in [-0.2, 0) is 22.6 Å². The van der Waals surface area contributed by atoms with Crippen molar-refractivity contribution >= 4 is 40.5 Å². The Hall–Kier alpha value is -2.56. The van der Waals surface area contributed by atoms with Gasteiger partial charge in [0.15, 0.2) is 0 Å². The Morgan fingerprint density at radius 1 is 0.962 bits per heavy atom. The Labute approximate surface area is 161 Å². The van der Waals surface area contributed by atoms with Crippen molar-refractivity contribution in [3.05, 3.63) is 88.2 Å². The van der Waals surface area contributed by atoms with E-state index in [2.05, 4.69) is 10.3 Å². The second-order valence-corrected chi connectivity index (χ2v) is 6.35. The third-order valence-corrected chi connectivity index (χ3v) is 4.31. The maximum Gasteiger partial charge on any atom is 0.310 e. The van der Waals surface area contributed by atoms with Crippen LogP contribution in [0.5, 0.6) is 0 Å². The third kappa shape index (κ3) is 4.75. The number of rotatable bonds is 6. The zero-order chi connectivity index (χ0) is 18.4. The SMILES string of the molecule is O=C(Cc1ccccc1Nc1c(Cl)cccc1Cl)OCc1ccccn1. The topological polar surface area (TPSA) is 51.2 Å². The Morgan fingerprint density at radius 3 is 2.42 bits per heavy atom. The van der Waals surface area contributed by atoms with Crippen LogP contribution >= 0.6 is 23.2 Å². The number of esters is 1. The van der Waals surface area contributed by atoms with Crippen LogP contribution in [-0.4, -0.2) is 11.0 Å². The molecule has 0 bridgehead atoms. The van der Waals surface area contributed by atoms with Gasteiger partial charge in [-0.1, -0.05) is 53.5 Å². The van der Waals surface area contributed by atoms with Gasteiger partial charge in [-0.2, -0.15) is 0 Å². The predicted octanol–water partition coefficient (Wildman–Crippen LogP) is 5.42. The average molecular weight is 387 g/mol. The molecular formula is C20H16Cl2N2O2.